The summed E-state index contributed by atoms with van der Waals surface area (Å²) in [5, 5.41) is 18.1. The SMILES string of the molecule is CCn1nc(-c2cnc3c(n2)c(C(=O)N[C@H](C)C(=O)N2CC(C#N)C2)cn3COCC[Si](C)(C)C)c2ccc(Cl)cc21. The summed E-state index contributed by atoms with van der Waals surface area (Å²) in [6.45, 7) is 12.7. The van der Waals surface area contributed by atoms with E-state index in [0.717, 1.165) is 16.9 Å². The van der Waals surface area contributed by atoms with Gasteiger partial charge >= 0.3 is 0 Å². The van der Waals surface area contributed by atoms with Gasteiger partial charge in [-0.15, -0.1) is 0 Å². The van der Waals surface area contributed by atoms with Gasteiger partial charge in [-0.3, -0.25) is 14.3 Å². The van der Waals surface area contributed by atoms with E-state index in [-0.39, 0.29) is 24.1 Å². The molecule has 0 unspecified atom stereocenters. The van der Waals surface area contributed by atoms with Gasteiger partial charge < -0.3 is 19.5 Å². The van der Waals surface area contributed by atoms with Crippen LogP contribution in [0.1, 0.15) is 24.2 Å². The van der Waals surface area contributed by atoms with Crippen LogP contribution in [-0.4, -0.2) is 74.8 Å². The fourth-order valence-electron chi connectivity index (χ4n) is 4.90. The van der Waals surface area contributed by atoms with E-state index in [1.165, 1.54) is 0 Å². The zero-order valence-corrected chi connectivity index (χ0v) is 26.3. The number of hydrogen-bond acceptors (Lipinski definition) is 7. The molecule has 0 saturated carbocycles. The number of nitrogens with one attached hydrogen (secondary N) is 1. The van der Waals surface area contributed by atoms with E-state index in [9.17, 15) is 9.59 Å². The van der Waals surface area contributed by atoms with Crippen molar-refractivity contribution in [1.29, 1.82) is 5.26 Å². The molecule has 1 saturated heterocycles. The smallest absolute Gasteiger partial charge is 0.255 e. The predicted octanol–water partition coefficient (Wildman–Crippen LogP) is 4.53. The summed E-state index contributed by atoms with van der Waals surface area (Å²) in [6.07, 6.45) is 3.33. The van der Waals surface area contributed by atoms with Gasteiger partial charge in [0.1, 0.15) is 29.7 Å². The topological polar surface area (TPSA) is 131 Å². The standard InChI is InChI=1S/C29H35ClN8O3Si/c1-6-38-24-11-20(30)7-8-21(24)25(35-38)23-13-32-27-26(34-23)22(16-37(27)17-41-9-10-42(3,4)5)28(39)33-18(2)29(40)36-14-19(12-31)15-36/h7-8,11,13,16,18-19H,6,9-10,14-15,17H2,1-5H3,(H,33,39)/t18-/m1/s1. The lowest BCUT2D eigenvalue weighted by Gasteiger charge is -2.37. The van der Waals surface area contributed by atoms with Gasteiger partial charge in [0, 0.05) is 50.9 Å². The number of halogens is 1. The molecule has 1 fully saturated rings. The third kappa shape index (κ3) is 6.04. The Morgan fingerprint density at radius 3 is 2.74 bits per heavy atom. The van der Waals surface area contributed by atoms with Gasteiger partial charge in [0.15, 0.2) is 5.65 Å². The molecule has 3 aromatic heterocycles. The van der Waals surface area contributed by atoms with Crippen LogP contribution in [0.2, 0.25) is 30.7 Å². The van der Waals surface area contributed by atoms with Crippen molar-refractivity contribution in [3.05, 3.63) is 41.2 Å². The molecule has 1 aromatic carbocycles. The monoisotopic (exact) mass is 606 g/mol. The number of benzene rings is 1. The number of nitriles is 1. The van der Waals surface area contributed by atoms with E-state index in [2.05, 4.69) is 31.0 Å². The Kier molecular flexibility index (Phi) is 8.36. The van der Waals surface area contributed by atoms with Gasteiger partial charge in [-0.05, 0) is 38.1 Å². The molecule has 13 heteroatoms. The zero-order chi connectivity index (χ0) is 30.2. The summed E-state index contributed by atoms with van der Waals surface area (Å²) in [5.74, 6) is -0.829. The van der Waals surface area contributed by atoms with Crippen molar-refractivity contribution in [2.75, 3.05) is 19.7 Å². The molecule has 0 spiro atoms. The van der Waals surface area contributed by atoms with Crippen LogP contribution >= 0.6 is 11.6 Å². The van der Waals surface area contributed by atoms with Gasteiger partial charge in [0.2, 0.25) is 5.91 Å². The number of aryl methyl sites for hydroxylation is 1. The maximum Gasteiger partial charge on any atom is 0.255 e. The van der Waals surface area contributed by atoms with Crippen molar-refractivity contribution in [1.82, 2.24) is 34.5 Å². The van der Waals surface area contributed by atoms with E-state index in [1.807, 2.05) is 29.8 Å². The van der Waals surface area contributed by atoms with Crippen molar-refractivity contribution in [2.24, 2.45) is 5.92 Å². The number of nitrogens with zero attached hydrogens (tertiary/aromatic N) is 7. The Morgan fingerprint density at radius 2 is 2.05 bits per heavy atom. The Bertz CT molecular complexity index is 1700. The largest absolute Gasteiger partial charge is 0.361 e. The maximum atomic E-state index is 13.6. The van der Waals surface area contributed by atoms with Gasteiger partial charge in [-0.25, -0.2) is 9.97 Å². The zero-order valence-electron chi connectivity index (χ0n) is 24.5. The van der Waals surface area contributed by atoms with Crippen molar-refractivity contribution in [3.8, 4) is 17.5 Å². The van der Waals surface area contributed by atoms with Crippen molar-refractivity contribution in [2.45, 2.75) is 58.9 Å². The van der Waals surface area contributed by atoms with E-state index >= 15 is 0 Å². The first kappa shape index (κ1) is 29.7. The number of rotatable bonds is 10. The molecule has 42 heavy (non-hydrogen) atoms. The first-order valence-electron chi connectivity index (χ1n) is 14.1. The summed E-state index contributed by atoms with van der Waals surface area (Å²) >= 11 is 6.26. The molecule has 2 amide bonds. The van der Waals surface area contributed by atoms with Crippen LogP contribution < -0.4 is 5.32 Å². The molecule has 4 heterocycles. The molecule has 1 aliphatic heterocycles. The molecule has 0 bridgehead atoms. The van der Waals surface area contributed by atoms with E-state index in [0.29, 0.717) is 53.8 Å². The highest BCUT2D eigenvalue weighted by Crippen LogP contribution is 2.30. The number of amides is 2. The highest BCUT2D eigenvalue weighted by molar-refractivity contribution is 6.76. The van der Waals surface area contributed by atoms with Crippen molar-refractivity contribution >= 4 is 53.6 Å². The molecule has 5 rings (SSSR count). The third-order valence-electron chi connectivity index (χ3n) is 7.39. The average molecular weight is 607 g/mol. The van der Waals surface area contributed by atoms with Crippen LogP contribution in [-0.2, 0) is 22.8 Å². The summed E-state index contributed by atoms with van der Waals surface area (Å²) in [4.78, 5) is 37.5. The Hall–Kier alpha value is -3.79. The fraction of sp³-hybridized carbons (Fsp3) is 0.448. The molecule has 0 aliphatic carbocycles. The van der Waals surface area contributed by atoms with Crippen molar-refractivity contribution < 1.29 is 14.3 Å². The minimum atomic E-state index is -1.28. The third-order valence-corrected chi connectivity index (χ3v) is 9.33. The molecule has 220 valence electrons. The first-order chi connectivity index (χ1) is 20.0. The quantitative estimate of drug-likeness (QED) is 0.207. The average Bonchev–Trinajstić information content (AvgIpc) is 3.47. The van der Waals surface area contributed by atoms with Crippen LogP contribution in [0, 0.1) is 17.2 Å². The highest BCUT2D eigenvalue weighted by atomic mass is 35.5. The van der Waals surface area contributed by atoms with Gasteiger partial charge in [-0.2, -0.15) is 10.4 Å². The summed E-state index contributed by atoms with van der Waals surface area (Å²) in [7, 11) is -1.28. The minimum absolute atomic E-state index is 0.159. The maximum absolute atomic E-state index is 13.6. The molecule has 0 radical (unpaired) electrons. The van der Waals surface area contributed by atoms with Gasteiger partial charge in [-0.1, -0.05) is 31.2 Å². The molecule has 1 N–H and O–H groups in total. The lowest BCUT2D eigenvalue weighted by Crippen LogP contribution is -2.55. The number of aromatic nitrogens is 5. The second kappa shape index (κ2) is 11.8. The summed E-state index contributed by atoms with van der Waals surface area (Å²) < 4.78 is 9.60. The lowest BCUT2D eigenvalue weighted by molar-refractivity contribution is -0.137. The number of likely N-dealkylation sites (tertiary alicyclic amines) is 1. The van der Waals surface area contributed by atoms with Gasteiger partial charge in [0.25, 0.3) is 5.91 Å². The predicted molar refractivity (Wildman–Crippen MR) is 164 cm³/mol. The Balaban J connectivity index is 1.48. The van der Waals surface area contributed by atoms with Crippen molar-refractivity contribution in [3.63, 3.8) is 0 Å². The number of hydrogen-bond donors (Lipinski definition) is 1. The fourth-order valence-corrected chi connectivity index (χ4v) is 5.82. The van der Waals surface area contributed by atoms with Crippen LogP contribution in [0.5, 0.6) is 0 Å². The molecule has 1 aliphatic rings. The number of carbonyl (C=O) groups is 2. The summed E-state index contributed by atoms with van der Waals surface area (Å²) in [6, 6.07) is 7.98. The lowest BCUT2D eigenvalue weighted by atomic mass is 10.0. The van der Waals surface area contributed by atoms with E-state index in [1.54, 1.807) is 28.8 Å². The Labute approximate surface area is 250 Å². The first-order valence-corrected chi connectivity index (χ1v) is 18.2. The summed E-state index contributed by atoms with van der Waals surface area (Å²) in [5.41, 5.74) is 3.20. The highest BCUT2D eigenvalue weighted by Gasteiger charge is 2.34. The Morgan fingerprint density at radius 1 is 1.29 bits per heavy atom. The second-order valence-corrected chi connectivity index (χ2v) is 17.9. The number of fused-ring (bicyclic) bond motifs is 2. The van der Waals surface area contributed by atoms with E-state index < -0.39 is 20.0 Å². The van der Waals surface area contributed by atoms with Gasteiger partial charge in [0.05, 0.1) is 29.3 Å². The minimum Gasteiger partial charge on any atom is -0.361 e. The molecular formula is C29H35ClN8O3Si. The van der Waals surface area contributed by atoms with Crippen LogP contribution in [0.15, 0.2) is 30.6 Å². The normalized spacial score (nSPS) is 14.6. The van der Waals surface area contributed by atoms with Crippen LogP contribution in [0.3, 0.4) is 0 Å². The molecule has 4 aromatic rings. The molecule has 11 nitrogen and oxygen atoms in total. The molecule has 1 atom stereocenters. The van der Waals surface area contributed by atoms with Crippen LogP contribution in [0.25, 0.3) is 33.5 Å². The second-order valence-electron chi connectivity index (χ2n) is 11.9. The number of carbonyl (C=O) groups excluding carboxylic acids is 2. The molecular weight excluding hydrogens is 572 g/mol. The number of ether oxygens (including phenoxy) is 1. The van der Waals surface area contributed by atoms with E-state index in [4.69, 9.17) is 36.7 Å². The van der Waals surface area contributed by atoms with Crippen LogP contribution in [0.4, 0.5) is 0 Å².